The lowest BCUT2D eigenvalue weighted by atomic mass is 10.3. The van der Waals surface area contributed by atoms with Crippen molar-refractivity contribution in [1.82, 2.24) is 9.13 Å². The van der Waals surface area contributed by atoms with Gasteiger partial charge in [-0.3, -0.25) is 0 Å². The van der Waals surface area contributed by atoms with Crippen LogP contribution in [0.2, 0.25) is 0 Å². The molecule has 4 nitrogen and oxygen atoms in total. The zero-order valence-electron chi connectivity index (χ0n) is 25.6. The number of rotatable bonds is 6. The van der Waals surface area contributed by atoms with Crippen LogP contribution in [0, 0.1) is 27.7 Å². The molecule has 10 heteroatoms. The monoisotopic (exact) mass is 806 g/mol. The van der Waals surface area contributed by atoms with E-state index in [1.165, 1.54) is 0 Å². The number of benzene rings is 4. The molecule has 0 amide bonds. The molecule has 6 aromatic rings. The summed E-state index contributed by atoms with van der Waals surface area (Å²) in [6.45, 7) is 8.57. The van der Waals surface area contributed by atoms with Crippen molar-refractivity contribution < 1.29 is 9.05 Å². The molecule has 0 aliphatic carbocycles. The first kappa shape index (κ1) is 31.9. The van der Waals surface area contributed by atoms with Crippen molar-refractivity contribution in [2.75, 3.05) is 0 Å². The predicted octanol–water partition coefficient (Wildman–Crippen LogP) is 9.19. The molecule has 2 aromatic heterocycles. The van der Waals surface area contributed by atoms with E-state index in [1.807, 2.05) is 60.7 Å². The van der Waals surface area contributed by atoms with Gasteiger partial charge in [0.05, 0.1) is 21.2 Å². The van der Waals surface area contributed by atoms with Gasteiger partial charge >= 0.3 is 0 Å². The number of aromatic nitrogens is 2. The van der Waals surface area contributed by atoms with E-state index in [0.717, 1.165) is 75.8 Å². The van der Waals surface area contributed by atoms with Gasteiger partial charge in [-0.1, -0.05) is 68.3 Å². The summed E-state index contributed by atoms with van der Waals surface area (Å²) in [7, 11) is 0. The van der Waals surface area contributed by atoms with E-state index in [2.05, 4.69) is 117 Å². The Kier molecular flexibility index (Phi) is 8.37. The largest absolute Gasteiger partial charge is 0.458 e. The fourth-order valence-corrected chi connectivity index (χ4v) is 18.4. The van der Waals surface area contributed by atoms with E-state index >= 15 is 0 Å². The quantitative estimate of drug-likeness (QED) is 0.157. The minimum Gasteiger partial charge on any atom is -0.458 e. The third-order valence-electron chi connectivity index (χ3n) is 8.46. The zero-order chi connectivity index (χ0) is 32.4. The maximum atomic E-state index is 7.15. The van der Waals surface area contributed by atoms with E-state index < -0.39 is 12.5 Å². The lowest BCUT2D eigenvalue weighted by Crippen LogP contribution is -2.46. The molecule has 0 bridgehead atoms. The maximum absolute atomic E-state index is 7.15. The molecule has 0 radical (unpaired) electrons. The van der Waals surface area contributed by atoms with Crippen LogP contribution in [-0.4, -0.2) is 9.13 Å². The van der Waals surface area contributed by atoms with Gasteiger partial charge in [0.1, 0.15) is 11.5 Å². The maximum Gasteiger partial charge on any atom is 0.176 e. The Morgan fingerprint density at radius 3 is 1.02 bits per heavy atom. The molecular weight excluding hydrogens is 778 g/mol. The summed E-state index contributed by atoms with van der Waals surface area (Å²) in [5.41, 5.74) is 6.18. The Bertz CT molecular complexity index is 1990. The Labute approximate surface area is 296 Å². The topological polar surface area (TPSA) is 28.3 Å². The molecule has 0 spiro atoms. The minimum absolute atomic E-state index is 0.740. The van der Waals surface area contributed by atoms with Gasteiger partial charge in [0.2, 0.25) is 0 Å². The summed E-state index contributed by atoms with van der Waals surface area (Å²) in [6.07, 6.45) is -5.99. The second kappa shape index (κ2) is 12.1. The van der Waals surface area contributed by atoms with E-state index in [1.54, 1.807) is 0 Å². The molecule has 3 heterocycles. The normalized spacial score (nSPS) is 18.6. The molecule has 0 fully saturated rings. The number of fused-ring (bicyclic) bond motifs is 2. The highest BCUT2D eigenvalue weighted by atomic mass is 79.9. The number of halogens is 2. The molecule has 232 valence electrons. The fraction of sp³-hybridized carbons (Fsp3) is 0.111. The Morgan fingerprint density at radius 2 is 0.739 bits per heavy atom. The molecule has 7 rings (SSSR count). The van der Waals surface area contributed by atoms with E-state index in [-0.39, 0.29) is 0 Å². The van der Waals surface area contributed by atoms with Crippen molar-refractivity contribution in [2.24, 2.45) is 0 Å². The van der Waals surface area contributed by atoms with Crippen LogP contribution in [0.25, 0.3) is 11.4 Å². The lowest BCUT2D eigenvalue weighted by Gasteiger charge is -2.36. The zero-order valence-corrected chi connectivity index (χ0v) is 32.2. The summed E-state index contributed by atoms with van der Waals surface area (Å²) < 4.78 is 20.9. The summed E-state index contributed by atoms with van der Waals surface area (Å²) in [6, 6.07) is 36.6. The van der Waals surface area contributed by atoms with Gasteiger partial charge in [0.15, 0.2) is 12.5 Å². The number of hydrogen-bond donors (Lipinski definition) is 0. The van der Waals surface area contributed by atoms with E-state index in [4.69, 9.17) is 32.7 Å². The summed E-state index contributed by atoms with van der Waals surface area (Å²) in [5.74, 6) is 1.48. The second-order valence-electron chi connectivity index (χ2n) is 11.3. The molecule has 1 aliphatic heterocycles. The average molecular weight is 809 g/mol. The van der Waals surface area contributed by atoms with Gasteiger partial charge in [-0.2, -0.15) is 0 Å². The Hall–Kier alpha value is -2.70. The third-order valence-corrected chi connectivity index (χ3v) is 18.0. The molecule has 0 saturated heterocycles. The SMILES string of the molecule is Cc1c2c(c(C)n1-c1ccc(Br)cc1)P(=S)(Oc1ccccc1)c1c(c(C)n(-c3ccc(Br)cc3)c1C)P2(=S)Oc1ccccc1. The highest BCUT2D eigenvalue weighted by Crippen LogP contribution is 2.60. The molecule has 1 aliphatic rings. The molecule has 0 N–H and O–H groups in total. The van der Waals surface area contributed by atoms with Crippen molar-refractivity contribution in [3.05, 3.63) is 141 Å². The predicted molar refractivity (Wildman–Crippen MR) is 207 cm³/mol. The second-order valence-corrected chi connectivity index (χ2v) is 20.5. The fourth-order valence-electron chi connectivity index (χ4n) is 6.64. The number of hydrogen-bond acceptors (Lipinski definition) is 4. The summed E-state index contributed by atoms with van der Waals surface area (Å²) in [5, 5.41) is 3.98. The Morgan fingerprint density at radius 1 is 0.457 bits per heavy atom. The smallest absolute Gasteiger partial charge is 0.176 e. The summed E-state index contributed by atoms with van der Waals surface area (Å²) >= 11 is 21.1. The van der Waals surface area contributed by atoms with Crippen LogP contribution in [0.4, 0.5) is 0 Å². The molecular formula is C36H30Br2N2O2P2S2. The lowest BCUT2D eigenvalue weighted by molar-refractivity contribution is 0.623. The minimum atomic E-state index is -2.99. The standard InChI is InChI=1S/C36H30Br2N2O2P2S2/c1-23-33-34(24(2)39(23)29-19-15-27(37)16-20-29)44(46,42-32-13-9-6-10-14-32)36-26(4)40(30-21-17-28(38)18-22-30)25(3)35(36)43(33,45)41-31-11-7-5-8-12-31/h5-22H,1-4H3. The first-order valence-corrected chi connectivity index (χ1v) is 21.7. The molecule has 46 heavy (non-hydrogen) atoms. The third kappa shape index (κ3) is 5.05. The van der Waals surface area contributed by atoms with Gasteiger partial charge in [0, 0.05) is 43.1 Å². The van der Waals surface area contributed by atoms with Crippen LogP contribution in [0.15, 0.2) is 118 Å². The van der Waals surface area contributed by atoms with Crippen molar-refractivity contribution in [1.29, 1.82) is 0 Å². The van der Waals surface area contributed by atoms with Crippen molar-refractivity contribution >= 4 is 89.2 Å². The first-order chi connectivity index (χ1) is 22.0. The van der Waals surface area contributed by atoms with Crippen molar-refractivity contribution in [3.63, 3.8) is 0 Å². The average Bonchev–Trinajstić information content (AvgIpc) is 3.48. The van der Waals surface area contributed by atoms with Gasteiger partial charge in [-0.15, -0.1) is 0 Å². The van der Waals surface area contributed by atoms with Crippen LogP contribution >= 0.6 is 44.4 Å². The molecule has 0 saturated carbocycles. The summed E-state index contributed by atoms with van der Waals surface area (Å²) in [4.78, 5) is 0. The van der Waals surface area contributed by atoms with Crippen LogP contribution in [0.5, 0.6) is 11.5 Å². The van der Waals surface area contributed by atoms with E-state index in [0.29, 0.717) is 0 Å². The number of nitrogens with zero attached hydrogens (tertiary/aromatic N) is 2. The first-order valence-electron chi connectivity index (χ1n) is 14.7. The van der Waals surface area contributed by atoms with Crippen molar-refractivity contribution in [2.45, 2.75) is 27.7 Å². The van der Waals surface area contributed by atoms with Gasteiger partial charge in [-0.25, -0.2) is 0 Å². The molecule has 4 aromatic carbocycles. The van der Waals surface area contributed by atoms with Crippen LogP contribution < -0.4 is 30.3 Å². The number of para-hydroxylation sites is 2. The van der Waals surface area contributed by atoms with Crippen LogP contribution in [0.3, 0.4) is 0 Å². The molecule has 0 atom stereocenters. The molecule has 0 unspecified atom stereocenters. The van der Waals surface area contributed by atoms with Crippen molar-refractivity contribution in [3.8, 4) is 22.9 Å². The highest BCUT2D eigenvalue weighted by molar-refractivity contribution is 9.10. The Balaban J connectivity index is 1.62. The van der Waals surface area contributed by atoms with Gasteiger partial charge < -0.3 is 18.2 Å². The van der Waals surface area contributed by atoms with E-state index in [9.17, 15) is 0 Å². The van der Waals surface area contributed by atoms with Gasteiger partial charge in [0.25, 0.3) is 0 Å². The highest BCUT2D eigenvalue weighted by Gasteiger charge is 2.52. The van der Waals surface area contributed by atoms with Crippen LogP contribution in [-0.2, 0) is 23.6 Å². The van der Waals surface area contributed by atoms with Gasteiger partial charge in [-0.05, 0) is 124 Å². The van der Waals surface area contributed by atoms with Crippen LogP contribution in [0.1, 0.15) is 22.8 Å².